The first-order valence-electron chi connectivity index (χ1n) is 7.77. The summed E-state index contributed by atoms with van der Waals surface area (Å²) in [7, 11) is 0. The van der Waals surface area contributed by atoms with Gasteiger partial charge in [0.15, 0.2) is 0 Å². The molecule has 19 heavy (non-hydrogen) atoms. The van der Waals surface area contributed by atoms with Crippen molar-refractivity contribution in [1.82, 2.24) is 5.32 Å². The van der Waals surface area contributed by atoms with Crippen molar-refractivity contribution >= 4 is 0 Å². The van der Waals surface area contributed by atoms with E-state index in [1.165, 1.54) is 0 Å². The van der Waals surface area contributed by atoms with E-state index in [2.05, 4.69) is 46.0 Å². The molecule has 0 aliphatic carbocycles. The molecule has 0 bridgehead atoms. The molecule has 0 aliphatic heterocycles. The third kappa shape index (κ3) is 8.23. The van der Waals surface area contributed by atoms with E-state index in [0.29, 0.717) is 12.0 Å². The first-order valence-corrected chi connectivity index (χ1v) is 7.77. The first kappa shape index (κ1) is 18.4. The van der Waals surface area contributed by atoms with Gasteiger partial charge in [-0.1, -0.05) is 27.7 Å². The Bertz CT molecular complexity index is 260. The highest BCUT2D eigenvalue weighted by Gasteiger charge is 2.26. The fourth-order valence-corrected chi connectivity index (χ4v) is 2.32. The van der Waals surface area contributed by atoms with E-state index < -0.39 is 0 Å². The summed E-state index contributed by atoms with van der Waals surface area (Å²) < 4.78 is 5.80. The van der Waals surface area contributed by atoms with E-state index in [1.54, 1.807) is 0 Å². The van der Waals surface area contributed by atoms with E-state index in [1.807, 2.05) is 0 Å². The minimum absolute atomic E-state index is 0.321. The molecule has 2 unspecified atom stereocenters. The first-order chi connectivity index (χ1) is 8.99. The number of hydrogen-bond acceptors (Lipinski definition) is 3. The summed E-state index contributed by atoms with van der Waals surface area (Å²) in [6.45, 7) is 12.4. The molecule has 0 aromatic heterocycles. The molecular formula is C16H32N2O. The number of ether oxygens (including phenoxy) is 1. The number of nitrogens with one attached hydrogen (secondary N) is 1. The van der Waals surface area contributed by atoms with E-state index in [4.69, 9.17) is 4.74 Å². The Balaban J connectivity index is 3.97. The van der Waals surface area contributed by atoms with Crippen molar-refractivity contribution in [2.75, 3.05) is 13.2 Å². The van der Waals surface area contributed by atoms with Gasteiger partial charge in [0.05, 0.1) is 12.2 Å². The Morgan fingerprint density at radius 2 is 1.95 bits per heavy atom. The van der Waals surface area contributed by atoms with Gasteiger partial charge in [0.25, 0.3) is 0 Å². The maximum Gasteiger partial charge on any atom is 0.106 e. The molecular weight excluding hydrogens is 236 g/mol. The highest BCUT2D eigenvalue weighted by Crippen LogP contribution is 2.17. The SMILES string of the molecule is CCCNC(C#N)(CC)CCCOC(C)CC(C)C. The summed E-state index contributed by atoms with van der Waals surface area (Å²) in [6.07, 6.45) is 5.15. The second-order valence-electron chi connectivity index (χ2n) is 5.89. The van der Waals surface area contributed by atoms with Crippen LogP contribution in [-0.4, -0.2) is 24.8 Å². The van der Waals surface area contributed by atoms with Crippen LogP contribution in [0.5, 0.6) is 0 Å². The van der Waals surface area contributed by atoms with Gasteiger partial charge in [0.1, 0.15) is 5.54 Å². The molecule has 2 atom stereocenters. The van der Waals surface area contributed by atoms with Crippen LogP contribution in [-0.2, 0) is 4.74 Å². The summed E-state index contributed by atoms with van der Waals surface area (Å²) >= 11 is 0. The topological polar surface area (TPSA) is 45.0 Å². The van der Waals surface area contributed by atoms with Crippen LogP contribution in [0.2, 0.25) is 0 Å². The monoisotopic (exact) mass is 268 g/mol. The molecule has 0 amide bonds. The smallest absolute Gasteiger partial charge is 0.106 e. The molecule has 0 aliphatic rings. The van der Waals surface area contributed by atoms with Gasteiger partial charge in [0, 0.05) is 6.61 Å². The van der Waals surface area contributed by atoms with Crippen LogP contribution in [0.3, 0.4) is 0 Å². The van der Waals surface area contributed by atoms with Crippen LogP contribution in [0.1, 0.15) is 66.7 Å². The highest BCUT2D eigenvalue weighted by atomic mass is 16.5. The molecule has 1 N–H and O–H groups in total. The number of hydrogen-bond donors (Lipinski definition) is 1. The van der Waals surface area contributed by atoms with Gasteiger partial charge in [-0.25, -0.2) is 0 Å². The second kappa shape index (κ2) is 10.2. The highest BCUT2D eigenvalue weighted by molar-refractivity contribution is 5.06. The Morgan fingerprint density at radius 3 is 2.42 bits per heavy atom. The molecule has 112 valence electrons. The van der Waals surface area contributed by atoms with Gasteiger partial charge in [0.2, 0.25) is 0 Å². The third-order valence-corrected chi connectivity index (χ3v) is 3.48. The fraction of sp³-hybridized carbons (Fsp3) is 0.938. The second-order valence-corrected chi connectivity index (χ2v) is 5.89. The standard InChI is InChI=1S/C16H32N2O/c1-6-10-18-16(7-2,13-17)9-8-11-19-15(5)12-14(3)4/h14-15,18H,6-12H2,1-5H3. The molecule has 3 heteroatoms. The molecule has 3 nitrogen and oxygen atoms in total. The zero-order valence-corrected chi connectivity index (χ0v) is 13.5. The Labute approximate surface area is 119 Å². The Hall–Kier alpha value is -0.590. The molecule has 0 saturated carbocycles. The zero-order valence-electron chi connectivity index (χ0n) is 13.5. The van der Waals surface area contributed by atoms with Crippen molar-refractivity contribution in [2.24, 2.45) is 5.92 Å². The molecule has 0 aromatic rings. The van der Waals surface area contributed by atoms with Gasteiger partial charge >= 0.3 is 0 Å². The molecule has 0 fully saturated rings. The lowest BCUT2D eigenvalue weighted by atomic mass is 9.92. The van der Waals surface area contributed by atoms with Crippen molar-refractivity contribution in [2.45, 2.75) is 78.4 Å². The van der Waals surface area contributed by atoms with Crippen LogP contribution in [0, 0.1) is 17.2 Å². The Kier molecular flexibility index (Phi) is 9.91. The molecule has 0 radical (unpaired) electrons. The average molecular weight is 268 g/mol. The lowest BCUT2D eigenvalue weighted by molar-refractivity contribution is 0.0471. The molecule has 0 heterocycles. The van der Waals surface area contributed by atoms with Crippen LogP contribution >= 0.6 is 0 Å². The van der Waals surface area contributed by atoms with E-state index >= 15 is 0 Å². The summed E-state index contributed by atoms with van der Waals surface area (Å²) in [5.74, 6) is 0.676. The number of rotatable bonds is 11. The zero-order chi connectivity index (χ0) is 14.7. The molecule has 0 spiro atoms. The van der Waals surface area contributed by atoms with Gasteiger partial charge in [-0.05, 0) is 51.5 Å². The lowest BCUT2D eigenvalue weighted by Gasteiger charge is -2.27. The van der Waals surface area contributed by atoms with Crippen molar-refractivity contribution in [1.29, 1.82) is 5.26 Å². The normalized spacial score (nSPS) is 16.1. The van der Waals surface area contributed by atoms with Gasteiger partial charge in [-0.3, -0.25) is 5.32 Å². The van der Waals surface area contributed by atoms with E-state index in [-0.39, 0.29) is 5.54 Å². The average Bonchev–Trinajstić information content (AvgIpc) is 2.38. The minimum Gasteiger partial charge on any atom is -0.378 e. The van der Waals surface area contributed by atoms with Crippen LogP contribution in [0.4, 0.5) is 0 Å². The quantitative estimate of drug-likeness (QED) is 0.578. The Morgan fingerprint density at radius 1 is 1.26 bits per heavy atom. The largest absolute Gasteiger partial charge is 0.378 e. The van der Waals surface area contributed by atoms with Crippen LogP contribution in [0.15, 0.2) is 0 Å². The van der Waals surface area contributed by atoms with Crippen LogP contribution in [0.25, 0.3) is 0 Å². The van der Waals surface area contributed by atoms with E-state index in [0.717, 1.165) is 45.3 Å². The van der Waals surface area contributed by atoms with Crippen molar-refractivity contribution in [3.8, 4) is 6.07 Å². The summed E-state index contributed by atoms with van der Waals surface area (Å²) in [5.41, 5.74) is -0.360. The summed E-state index contributed by atoms with van der Waals surface area (Å²) in [6, 6.07) is 2.45. The maximum atomic E-state index is 9.38. The number of nitrogens with zero attached hydrogens (tertiary/aromatic N) is 1. The molecule has 0 rings (SSSR count). The molecule has 0 saturated heterocycles. The third-order valence-electron chi connectivity index (χ3n) is 3.48. The predicted molar refractivity (Wildman–Crippen MR) is 81.0 cm³/mol. The van der Waals surface area contributed by atoms with Crippen molar-refractivity contribution in [3.63, 3.8) is 0 Å². The molecule has 0 aromatic carbocycles. The predicted octanol–water partition coefficient (Wildman–Crippen LogP) is 3.89. The number of nitriles is 1. The maximum absolute atomic E-state index is 9.38. The van der Waals surface area contributed by atoms with Crippen molar-refractivity contribution in [3.05, 3.63) is 0 Å². The summed E-state index contributed by atoms with van der Waals surface area (Å²) in [5, 5.41) is 12.8. The lowest BCUT2D eigenvalue weighted by Crippen LogP contribution is -2.44. The summed E-state index contributed by atoms with van der Waals surface area (Å²) in [4.78, 5) is 0. The minimum atomic E-state index is -0.360. The van der Waals surface area contributed by atoms with Gasteiger partial charge < -0.3 is 4.74 Å². The van der Waals surface area contributed by atoms with Gasteiger partial charge in [-0.2, -0.15) is 5.26 Å². The van der Waals surface area contributed by atoms with E-state index in [9.17, 15) is 5.26 Å². The van der Waals surface area contributed by atoms with Crippen LogP contribution < -0.4 is 5.32 Å². The van der Waals surface area contributed by atoms with Gasteiger partial charge in [-0.15, -0.1) is 0 Å². The fourth-order valence-electron chi connectivity index (χ4n) is 2.32. The van der Waals surface area contributed by atoms with Crippen molar-refractivity contribution < 1.29 is 4.74 Å².